The lowest BCUT2D eigenvalue weighted by molar-refractivity contribution is -0.122. The minimum atomic E-state index is -3.93. The average molecular weight is 481 g/mol. The van der Waals surface area contributed by atoms with Crippen LogP contribution in [0.3, 0.4) is 0 Å². The van der Waals surface area contributed by atoms with Gasteiger partial charge < -0.3 is 14.8 Å². The highest BCUT2D eigenvalue weighted by atomic mass is 32.2. The molecule has 0 fully saturated rings. The van der Waals surface area contributed by atoms with Crippen LogP contribution in [0.5, 0.6) is 11.5 Å². The van der Waals surface area contributed by atoms with E-state index in [0.29, 0.717) is 22.9 Å². The van der Waals surface area contributed by atoms with Crippen molar-refractivity contribution >= 4 is 27.3 Å². The molecular weight excluding hydrogens is 452 g/mol. The minimum absolute atomic E-state index is 0.149. The van der Waals surface area contributed by atoms with Gasteiger partial charge in [0, 0.05) is 11.8 Å². The van der Waals surface area contributed by atoms with E-state index in [1.807, 2.05) is 12.1 Å². The van der Waals surface area contributed by atoms with Gasteiger partial charge in [0.2, 0.25) is 0 Å². The Balaban J connectivity index is 1.72. The number of amides is 1. The van der Waals surface area contributed by atoms with Crippen LogP contribution in [-0.2, 0) is 20.2 Å². The van der Waals surface area contributed by atoms with Crippen molar-refractivity contribution in [3.05, 3.63) is 78.4 Å². The number of rotatable bonds is 5. The van der Waals surface area contributed by atoms with Crippen molar-refractivity contribution < 1.29 is 22.7 Å². The van der Waals surface area contributed by atoms with Crippen molar-refractivity contribution in [3.63, 3.8) is 0 Å². The van der Waals surface area contributed by atoms with Gasteiger partial charge in [0.05, 0.1) is 24.2 Å². The summed E-state index contributed by atoms with van der Waals surface area (Å²) in [5, 5.41) is 2.80. The number of carbonyl (C=O) groups excluding carboxylic acids is 1. The molecule has 7 nitrogen and oxygen atoms in total. The quantitative estimate of drug-likeness (QED) is 0.578. The molecule has 34 heavy (non-hydrogen) atoms. The SMILES string of the molecule is COc1cccc(NC(=O)[C@H]2CN(S(=O)(=O)c3ccccc3)c3cc(C(C)(C)C)ccc3O2)c1. The van der Waals surface area contributed by atoms with Gasteiger partial charge in [0.25, 0.3) is 15.9 Å². The van der Waals surface area contributed by atoms with Crippen LogP contribution >= 0.6 is 0 Å². The van der Waals surface area contributed by atoms with Crippen LogP contribution < -0.4 is 19.1 Å². The van der Waals surface area contributed by atoms with Crippen LogP contribution in [0.2, 0.25) is 0 Å². The molecule has 1 aliphatic rings. The minimum Gasteiger partial charge on any atom is -0.497 e. The highest BCUT2D eigenvalue weighted by Gasteiger charge is 2.38. The first-order valence-electron chi connectivity index (χ1n) is 10.9. The summed E-state index contributed by atoms with van der Waals surface area (Å²) in [7, 11) is -2.39. The molecule has 3 aromatic carbocycles. The number of nitrogens with zero attached hydrogens (tertiary/aromatic N) is 1. The molecule has 1 atom stereocenters. The van der Waals surface area contributed by atoms with E-state index in [9.17, 15) is 13.2 Å². The molecular formula is C26H28N2O5S. The van der Waals surface area contributed by atoms with Gasteiger partial charge in [-0.25, -0.2) is 8.42 Å². The van der Waals surface area contributed by atoms with E-state index in [-0.39, 0.29) is 16.9 Å². The van der Waals surface area contributed by atoms with Crippen LogP contribution in [0.25, 0.3) is 0 Å². The van der Waals surface area contributed by atoms with Crippen molar-refractivity contribution in [1.82, 2.24) is 0 Å². The summed E-state index contributed by atoms with van der Waals surface area (Å²) < 4.78 is 39.8. The van der Waals surface area contributed by atoms with Gasteiger partial charge in [0.1, 0.15) is 11.5 Å². The average Bonchev–Trinajstić information content (AvgIpc) is 2.83. The summed E-state index contributed by atoms with van der Waals surface area (Å²) in [6, 6.07) is 20.6. The van der Waals surface area contributed by atoms with Crippen LogP contribution in [0.1, 0.15) is 26.3 Å². The summed E-state index contributed by atoms with van der Waals surface area (Å²) >= 11 is 0. The van der Waals surface area contributed by atoms with Gasteiger partial charge in [-0.3, -0.25) is 9.10 Å². The second kappa shape index (κ2) is 9.02. The van der Waals surface area contributed by atoms with E-state index >= 15 is 0 Å². The van der Waals surface area contributed by atoms with Crippen molar-refractivity contribution in [2.75, 3.05) is 23.3 Å². The summed E-state index contributed by atoms with van der Waals surface area (Å²) in [5.74, 6) is 0.479. The standard InChI is InChI=1S/C26H28N2O5S/c1-26(2,3)18-13-14-23-22(15-18)28(34(30,31)21-11-6-5-7-12-21)17-24(33-23)25(29)27-19-9-8-10-20(16-19)32-4/h5-16,24H,17H2,1-4H3,(H,27,29)/t24-/m1/s1. The topological polar surface area (TPSA) is 84.9 Å². The largest absolute Gasteiger partial charge is 0.497 e. The van der Waals surface area contributed by atoms with E-state index in [1.54, 1.807) is 67.8 Å². The fourth-order valence-corrected chi connectivity index (χ4v) is 5.21. The Morgan fingerprint density at radius 1 is 1.03 bits per heavy atom. The van der Waals surface area contributed by atoms with Crippen LogP contribution in [0.15, 0.2) is 77.7 Å². The molecule has 0 spiro atoms. The number of sulfonamides is 1. The third kappa shape index (κ3) is 4.72. The molecule has 1 amide bonds. The Bertz CT molecular complexity index is 1300. The number of hydrogen-bond donors (Lipinski definition) is 1. The fourth-order valence-electron chi connectivity index (χ4n) is 3.73. The summed E-state index contributed by atoms with van der Waals surface area (Å²) in [6.07, 6.45) is -1.04. The van der Waals surface area contributed by atoms with E-state index in [2.05, 4.69) is 26.1 Å². The summed E-state index contributed by atoms with van der Waals surface area (Å²) in [5.41, 5.74) is 1.71. The third-order valence-corrected chi connectivity index (χ3v) is 7.45. The fraction of sp³-hybridized carbons (Fsp3) is 0.269. The molecule has 0 bridgehead atoms. The van der Waals surface area contributed by atoms with Crippen molar-refractivity contribution in [2.45, 2.75) is 37.2 Å². The number of anilines is 2. The Morgan fingerprint density at radius 2 is 1.76 bits per heavy atom. The normalized spacial score (nSPS) is 15.8. The van der Waals surface area contributed by atoms with Crippen molar-refractivity contribution in [2.24, 2.45) is 0 Å². The molecule has 1 heterocycles. The van der Waals surface area contributed by atoms with Gasteiger partial charge in [-0.15, -0.1) is 0 Å². The molecule has 0 aliphatic carbocycles. The number of nitrogens with one attached hydrogen (secondary N) is 1. The lowest BCUT2D eigenvalue weighted by atomic mass is 9.86. The molecule has 1 aliphatic heterocycles. The van der Waals surface area contributed by atoms with Crippen LogP contribution in [0.4, 0.5) is 11.4 Å². The van der Waals surface area contributed by atoms with Gasteiger partial charge in [-0.05, 0) is 47.4 Å². The smallest absolute Gasteiger partial charge is 0.267 e. The second-order valence-electron chi connectivity index (χ2n) is 9.11. The Morgan fingerprint density at radius 3 is 2.44 bits per heavy atom. The molecule has 178 valence electrons. The second-order valence-corrected chi connectivity index (χ2v) is 11.0. The molecule has 1 N–H and O–H groups in total. The highest BCUT2D eigenvalue weighted by Crippen LogP contribution is 2.40. The van der Waals surface area contributed by atoms with Gasteiger partial charge in [-0.1, -0.05) is 51.1 Å². The predicted octanol–water partition coefficient (Wildman–Crippen LogP) is 4.59. The molecule has 0 unspecified atom stereocenters. The number of fused-ring (bicyclic) bond motifs is 1. The first-order valence-corrected chi connectivity index (χ1v) is 12.4. The van der Waals surface area contributed by atoms with E-state index in [1.165, 1.54) is 4.31 Å². The molecule has 0 saturated heterocycles. The maximum absolute atomic E-state index is 13.6. The first-order chi connectivity index (χ1) is 16.1. The lowest BCUT2D eigenvalue weighted by Gasteiger charge is -2.36. The summed E-state index contributed by atoms with van der Waals surface area (Å²) in [4.78, 5) is 13.3. The van der Waals surface area contributed by atoms with Crippen LogP contribution in [0, 0.1) is 0 Å². The molecule has 8 heteroatoms. The maximum Gasteiger partial charge on any atom is 0.267 e. The van der Waals surface area contributed by atoms with Crippen LogP contribution in [-0.4, -0.2) is 34.1 Å². The first kappa shape index (κ1) is 23.6. The summed E-state index contributed by atoms with van der Waals surface area (Å²) in [6.45, 7) is 6.00. The zero-order valence-corrected chi connectivity index (χ0v) is 20.4. The lowest BCUT2D eigenvalue weighted by Crippen LogP contribution is -2.49. The number of benzene rings is 3. The van der Waals surface area contributed by atoms with E-state index in [0.717, 1.165) is 5.56 Å². The zero-order chi connectivity index (χ0) is 24.5. The highest BCUT2D eigenvalue weighted by molar-refractivity contribution is 7.92. The number of methoxy groups -OCH3 is 1. The maximum atomic E-state index is 13.6. The predicted molar refractivity (Wildman–Crippen MR) is 132 cm³/mol. The van der Waals surface area contributed by atoms with Gasteiger partial charge in [0.15, 0.2) is 6.10 Å². The molecule has 4 rings (SSSR count). The van der Waals surface area contributed by atoms with E-state index in [4.69, 9.17) is 9.47 Å². The number of hydrogen-bond acceptors (Lipinski definition) is 5. The number of ether oxygens (including phenoxy) is 2. The van der Waals surface area contributed by atoms with E-state index < -0.39 is 22.0 Å². The monoisotopic (exact) mass is 480 g/mol. The molecule has 0 saturated carbocycles. The van der Waals surface area contributed by atoms with Gasteiger partial charge in [-0.2, -0.15) is 0 Å². The molecule has 3 aromatic rings. The Kier molecular flexibility index (Phi) is 6.27. The molecule has 0 radical (unpaired) electrons. The number of carbonyl (C=O) groups is 1. The molecule has 0 aromatic heterocycles. The van der Waals surface area contributed by atoms with Crippen molar-refractivity contribution in [3.8, 4) is 11.5 Å². The Hall–Kier alpha value is -3.52. The Labute approximate surface area is 200 Å². The van der Waals surface area contributed by atoms with Gasteiger partial charge >= 0.3 is 0 Å². The van der Waals surface area contributed by atoms with Crippen molar-refractivity contribution in [1.29, 1.82) is 0 Å². The zero-order valence-electron chi connectivity index (χ0n) is 19.6. The third-order valence-electron chi connectivity index (χ3n) is 5.66.